The minimum absolute atomic E-state index is 0.0123. The molecule has 0 unspecified atom stereocenters. The Morgan fingerprint density at radius 3 is 2.23 bits per heavy atom. The van der Waals surface area contributed by atoms with Gasteiger partial charge < -0.3 is 21.1 Å². The quantitative estimate of drug-likeness (QED) is 0.533. The van der Waals surface area contributed by atoms with Crippen molar-refractivity contribution in [3.05, 3.63) is 77.6 Å². The van der Waals surface area contributed by atoms with Crippen LogP contribution >= 0.6 is 0 Å². The number of nitrogens with two attached hydrogens (primary N) is 1. The van der Waals surface area contributed by atoms with E-state index in [1.807, 2.05) is 0 Å². The number of benzene rings is 2. The summed E-state index contributed by atoms with van der Waals surface area (Å²) < 4.78 is 44.6. The second-order valence-corrected chi connectivity index (χ2v) is 6.47. The van der Waals surface area contributed by atoms with E-state index < -0.39 is 23.7 Å². The molecule has 0 aliphatic carbocycles. The molecule has 0 aliphatic rings. The number of aryl methyl sites for hydroxylation is 1. The topological polar surface area (TPSA) is 106 Å². The normalized spacial score (nSPS) is 11.0. The van der Waals surface area contributed by atoms with Crippen molar-refractivity contribution >= 4 is 23.3 Å². The highest BCUT2D eigenvalue weighted by atomic mass is 19.4. The molecular formula is C21H17F3N4O3. The van der Waals surface area contributed by atoms with Crippen molar-refractivity contribution in [3.63, 3.8) is 0 Å². The van der Waals surface area contributed by atoms with Crippen LogP contribution < -0.4 is 21.1 Å². The molecule has 2 aromatic carbocycles. The molecule has 0 spiro atoms. The lowest BCUT2D eigenvalue weighted by atomic mass is 10.1. The molecule has 1 aromatic heterocycles. The Bertz CT molecular complexity index is 1120. The van der Waals surface area contributed by atoms with Crippen molar-refractivity contribution in [2.24, 2.45) is 5.73 Å². The number of hydrogen-bond donors (Lipinski definition) is 3. The minimum atomic E-state index is -4.51. The summed E-state index contributed by atoms with van der Waals surface area (Å²) in [7, 11) is 0. The van der Waals surface area contributed by atoms with E-state index in [-0.39, 0.29) is 16.9 Å². The fraction of sp³-hybridized carbons (Fsp3) is 0.0952. The van der Waals surface area contributed by atoms with Crippen LogP contribution in [0.2, 0.25) is 0 Å². The van der Waals surface area contributed by atoms with Crippen molar-refractivity contribution in [2.45, 2.75) is 13.1 Å². The van der Waals surface area contributed by atoms with Gasteiger partial charge in [0.1, 0.15) is 17.2 Å². The zero-order valence-electron chi connectivity index (χ0n) is 16.2. The van der Waals surface area contributed by atoms with Crippen molar-refractivity contribution in [2.75, 3.05) is 10.6 Å². The molecule has 10 heteroatoms. The van der Waals surface area contributed by atoms with E-state index in [9.17, 15) is 22.8 Å². The van der Waals surface area contributed by atoms with Gasteiger partial charge in [0.05, 0.1) is 5.56 Å². The van der Waals surface area contributed by atoms with Crippen LogP contribution in [-0.2, 0) is 6.18 Å². The number of anilines is 2. The van der Waals surface area contributed by atoms with Crippen molar-refractivity contribution in [1.29, 1.82) is 0 Å². The number of primary amides is 1. The van der Waals surface area contributed by atoms with Gasteiger partial charge in [0.25, 0.3) is 5.91 Å². The third-order valence-electron chi connectivity index (χ3n) is 4.13. The number of carbonyl (C=O) groups is 2. The summed E-state index contributed by atoms with van der Waals surface area (Å²) in [5, 5.41) is 4.89. The molecule has 3 rings (SSSR count). The monoisotopic (exact) mass is 430 g/mol. The highest BCUT2D eigenvalue weighted by Gasteiger charge is 2.32. The van der Waals surface area contributed by atoms with Gasteiger partial charge in [-0.15, -0.1) is 0 Å². The predicted octanol–water partition coefficient (Wildman–Crippen LogP) is 4.94. The molecule has 0 atom stereocenters. The van der Waals surface area contributed by atoms with Crippen LogP contribution in [0.1, 0.15) is 21.6 Å². The number of hydrogen-bond acceptors (Lipinski definition) is 4. The number of alkyl halides is 3. The molecular weight excluding hydrogens is 413 g/mol. The summed E-state index contributed by atoms with van der Waals surface area (Å²) in [6.45, 7) is 1.34. The molecule has 0 radical (unpaired) electrons. The van der Waals surface area contributed by atoms with E-state index in [0.717, 1.165) is 6.07 Å². The molecule has 3 aromatic rings. The maximum atomic E-state index is 13.0. The van der Waals surface area contributed by atoms with Gasteiger partial charge in [-0.2, -0.15) is 13.2 Å². The van der Waals surface area contributed by atoms with E-state index in [2.05, 4.69) is 15.6 Å². The maximum absolute atomic E-state index is 13.0. The van der Waals surface area contributed by atoms with E-state index in [4.69, 9.17) is 10.5 Å². The third kappa shape index (κ3) is 5.72. The van der Waals surface area contributed by atoms with Crippen LogP contribution in [0.25, 0.3) is 0 Å². The van der Waals surface area contributed by atoms with Crippen molar-refractivity contribution in [1.82, 2.24) is 4.98 Å². The second kappa shape index (κ2) is 8.74. The minimum Gasteiger partial charge on any atom is -0.457 e. The van der Waals surface area contributed by atoms with Gasteiger partial charge in [0.15, 0.2) is 0 Å². The number of halogens is 3. The summed E-state index contributed by atoms with van der Waals surface area (Å²) in [5.74, 6) is 0.0787. The fourth-order valence-corrected chi connectivity index (χ4v) is 2.65. The Balaban J connectivity index is 1.63. The van der Waals surface area contributed by atoms with Crippen LogP contribution in [0.15, 0.2) is 60.8 Å². The Morgan fingerprint density at radius 2 is 1.58 bits per heavy atom. The highest BCUT2D eigenvalue weighted by molar-refractivity contribution is 5.99. The summed E-state index contributed by atoms with van der Waals surface area (Å²) >= 11 is 0. The molecule has 0 fully saturated rings. The van der Waals surface area contributed by atoms with Gasteiger partial charge >= 0.3 is 12.2 Å². The van der Waals surface area contributed by atoms with Gasteiger partial charge in [0.2, 0.25) is 0 Å². The molecule has 3 amide bonds. The Kier molecular flexibility index (Phi) is 6.10. The maximum Gasteiger partial charge on any atom is 0.416 e. The van der Waals surface area contributed by atoms with Crippen molar-refractivity contribution < 1.29 is 27.5 Å². The number of nitrogens with one attached hydrogen (secondary N) is 2. The zero-order chi connectivity index (χ0) is 22.6. The van der Waals surface area contributed by atoms with Crippen LogP contribution in [-0.4, -0.2) is 16.9 Å². The summed E-state index contributed by atoms with van der Waals surface area (Å²) in [5.41, 5.74) is 4.87. The molecule has 160 valence electrons. The average molecular weight is 430 g/mol. The van der Waals surface area contributed by atoms with Crippen LogP contribution in [0.3, 0.4) is 0 Å². The number of aromatic nitrogens is 1. The van der Waals surface area contributed by atoms with Gasteiger partial charge in [-0.1, -0.05) is 6.07 Å². The Labute approximate surface area is 175 Å². The number of urea groups is 1. The average Bonchev–Trinajstić information content (AvgIpc) is 2.70. The number of pyridine rings is 1. The van der Waals surface area contributed by atoms with Crippen LogP contribution in [0, 0.1) is 6.92 Å². The molecule has 0 saturated heterocycles. The number of carbonyl (C=O) groups excluding carboxylic acids is 2. The second-order valence-electron chi connectivity index (χ2n) is 6.47. The standard InChI is InChI=1S/C21H17F3N4O3/c1-12-2-3-14(10-17(12)21(22,23)24)28-20(30)27-13-4-6-15(7-5-13)31-16-8-9-26-18(11-16)19(25)29/h2-11H,1H3,(H2,25,29)(H2,27,28,30). The first-order chi connectivity index (χ1) is 14.6. The Hall–Kier alpha value is -4.08. The number of amides is 3. The predicted molar refractivity (Wildman–Crippen MR) is 108 cm³/mol. The summed E-state index contributed by atoms with van der Waals surface area (Å²) in [4.78, 5) is 27.1. The van der Waals surface area contributed by atoms with Crippen molar-refractivity contribution in [3.8, 4) is 11.5 Å². The van der Waals surface area contributed by atoms with E-state index >= 15 is 0 Å². The molecule has 0 aliphatic heterocycles. The molecule has 0 saturated carbocycles. The summed E-state index contributed by atoms with van der Waals surface area (Å²) in [6, 6.07) is 12.0. The molecule has 0 bridgehead atoms. The lowest BCUT2D eigenvalue weighted by Gasteiger charge is -2.13. The van der Waals surface area contributed by atoms with Gasteiger partial charge in [-0.25, -0.2) is 4.79 Å². The lowest BCUT2D eigenvalue weighted by molar-refractivity contribution is -0.138. The summed E-state index contributed by atoms with van der Waals surface area (Å²) in [6.07, 6.45) is -3.13. The Morgan fingerprint density at radius 1 is 0.935 bits per heavy atom. The number of nitrogens with zero attached hydrogens (tertiary/aromatic N) is 1. The smallest absolute Gasteiger partial charge is 0.416 e. The number of rotatable bonds is 5. The van der Waals surface area contributed by atoms with E-state index in [1.54, 1.807) is 30.3 Å². The molecule has 1 heterocycles. The van der Waals surface area contributed by atoms with Crippen LogP contribution in [0.5, 0.6) is 11.5 Å². The van der Waals surface area contributed by atoms with Gasteiger partial charge in [-0.05, 0) is 55.0 Å². The number of ether oxygens (including phenoxy) is 1. The van der Waals surface area contributed by atoms with E-state index in [1.165, 1.54) is 31.3 Å². The lowest BCUT2D eigenvalue weighted by Crippen LogP contribution is -2.20. The highest BCUT2D eigenvalue weighted by Crippen LogP contribution is 2.33. The van der Waals surface area contributed by atoms with E-state index in [0.29, 0.717) is 17.2 Å². The van der Waals surface area contributed by atoms with Gasteiger partial charge in [-0.3, -0.25) is 9.78 Å². The molecule has 4 N–H and O–H groups in total. The fourth-order valence-electron chi connectivity index (χ4n) is 2.65. The first kappa shape index (κ1) is 21.6. The first-order valence-corrected chi connectivity index (χ1v) is 8.91. The molecule has 7 nitrogen and oxygen atoms in total. The molecule has 31 heavy (non-hydrogen) atoms. The SMILES string of the molecule is Cc1ccc(NC(=O)Nc2ccc(Oc3ccnc(C(N)=O)c3)cc2)cc1C(F)(F)F. The first-order valence-electron chi connectivity index (χ1n) is 8.91. The third-order valence-corrected chi connectivity index (χ3v) is 4.13. The van der Waals surface area contributed by atoms with Crippen LogP contribution in [0.4, 0.5) is 29.3 Å². The van der Waals surface area contributed by atoms with Gasteiger partial charge in [0, 0.05) is 23.6 Å². The largest absolute Gasteiger partial charge is 0.457 e. The zero-order valence-corrected chi connectivity index (χ0v) is 16.2.